The molecule has 2 N–H and O–H groups in total. The molecule has 1 amide bonds. The number of hydrogen-bond donors (Lipinski definition) is 2. The molecule has 0 aromatic carbocycles. The lowest BCUT2D eigenvalue weighted by Crippen LogP contribution is -2.41. The van der Waals surface area contributed by atoms with Gasteiger partial charge in [-0.2, -0.15) is 0 Å². The molecule has 0 aromatic heterocycles. The summed E-state index contributed by atoms with van der Waals surface area (Å²) in [6, 6.07) is 0. The van der Waals surface area contributed by atoms with Crippen molar-refractivity contribution in [2.24, 2.45) is 0 Å². The van der Waals surface area contributed by atoms with E-state index in [1.807, 2.05) is 0 Å². The molecule has 0 radical (unpaired) electrons. The molecule has 0 saturated carbocycles. The summed E-state index contributed by atoms with van der Waals surface area (Å²) in [6.07, 6.45) is 1.62. The van der Waals surface area contributed by atoms with Crippen molar-refractivity contribution in [2.75, 3.05) is 34.0 Å². The monoisotopic (exact) mass is 233 g/mol. The third-order valence-electron chi connectivity index (χ3n) is 2.26. The summed E-state index contributed by atoms with van der Waals surface area (Å²) in [5.41, 5.74) is -0.910. The first-order valence-electron chi connectivity index (χ1n) is 5.49. The average Bonchev–Trinajstić information content (AvgIpc) is 2.24. The van der Waals surface area contributed by atoms with Crippen molar-refractivity contribution in [3.63, 3.8) is 0 Å². The van der Waals surface area contributed by atoms with Crippen molar-refractivity contribution in [3.8, 4) is 0 Å². The van der Waals surface area contributed by atoms with Gasteiger partial charge in [0, 0.05) is 46.8 Å². The number of hydrogen-bond acceptors (Lipinski definition) is 4. The molecule has 0 aliphatic carbocycles. The zero-order chi connectivity index (χ0) is 12.4. The molecule has 0 rings (SSSR count). The fraction of sp³-hybridized carbons (Fsp3) is 0.909. The predicted octanol–water partition coefficient (Wildman–Crippen LogP) is 0.317. The van der Waals surface area contributed by atoms with Crippen LogP contribution in [0.1, 0.15) is 26.2 Å². The highest BCUT2D eigenvalue weighted by molar-refractivity contribution is 5.75. The highest BCUT2D eigenvalue weighted by Crippen LogP contribution is 2.07. The van der Waals surface area contributed by atoms with E-state index in [9.17, 15) is 9.90 Å². The Bertz CT molecular complexity index is 194. The fourth-order valence-electron chi connectivity index (χ4n) is 1.16. The van der Waals surface area contributed by atoms with Crippen LogP contribution in [0.3, 0.4) is 0 Å². The number of nitrogens with one attached hydrogen (secondary N) is 1. The first-order chi connectivity index (χ1) is 7.52. The minimum Gasteiger partial charge on any atom is -0.388 e. The van der Waals surface area contributed by atoms with Gasteiger partial charge >= 0.3 is 0 Å². The average molecular weight is 233 g/mol. The van der Waals surface area contributed by atoms with Crippen molar-refractivity contribution in [2.45, 2.75) is 31.8 Å². The molecule has 16 heavy (non-hydrogen) atoms. The lowest BCUT2D eigenvalue weighted by molar-refractivity contribution is -0.122. The van der Waals surface area contributed by atoms with Crippen molar-refractivity contribution >= 4 is 5.91 Å². The van der Waals surface area contributed by atoms with E-state index in [-0.39, 0.29) is 12.5 Å². The maximum absolute atomic E-state index is 11.3. The molecule has 0 aliphatic rings. The molecule has 0 bridgehead atoms. The van der Waals surface area contributed by atoms with Crippen LogP contribution < -0.4 is 5.32 Å². The molecule has 5 heteroatoms. The summed E-state index contributed by atoms with van der Waals surface area (Å²) in [6.45, 7) is 2.99. The summed E-state index contributed by atoms with van der Waals surface area (Å²) in [5.74, 6) is -0.0604. The standard InChI is InChI=1S/C11H23NO4/c1-11(14,6-8-16-3)9-12-10(13)5-4-7-15-2/h14H,4-9H2,1-3H3,(H,12,13). The Morgan fingerprint density at radius 2 is 1.94 bits per heavy atom. The topological polar surface area (TPSA) is 67.8 Å². The molecule has 0 aliphatic heterocycles. The van der Waals surface area contributed by atoms with E-state index in [1.54, 1.807) is 21.1 Å². The van der Waals surface area contributed by atoms with Crippen molar-refractivity contribution in [1.82, 2.24) is 5.32 Å². The SMILES string of the molecule is COCCCC(=O)NCC(C)(O)CCOC. The second-order valence-electron chi connectivity index (χ2n) is 4.11. The van der Waals surface area contributed by atoms with Crippen LogP contribution >= 0.6 is 0 Å². The maximum atomic E-state index is 11.3. The third-order valence-corrected chi connectivity index (χ3v) is 2.26. The maximum Gasteiger partial charge on any atom is 0.220 e. The van der Waals surface area contributed by atoms with Crippen LogP contribution in [0, 0.1) is 0 Å². The second kappa shape index (κ2) is 8.50. The molecule has 0 heterocycles. The summed E-state index contributed by atoms with van der Waals surface area (Å²) >= 11 is 0. The predicted molar refractivity (Wildman–Crippen MR) is 61.2 cm³/mol. The van der Waals surface area contributed by atoms with Gasteiger partial charge in [0.05, 0.1) is 5.60 Å². The first kappa shape index (κ1) is 15.3. The Kier molecular flexibility index (Phi) is 8.15. The first-order valence-corrected chi connectivity index (χ1v) is 5.49. The van der Waals surface area contributed by atoms with Gasteiger partial charge < -0.3 is 19.9 Å². The van der Waals surface area contributed by atoms with Crippen LogP contribution in [0.15, 0.2) is 0 Å². The Labute approximate surface area is 97.1 Å². The quantitative estimate of drug-likeness (QED) is 0.563. The zero-order valence-electron chi connectivity index (χ0n) is 10.4. The van der Waals surface area contributed by atoms with Crippen LogP contribution in [0.5, 0.6) is 0 Å². The molecule has 96 valence electrons. The van der Waals surface area contributed by atoms with Crippen LogP contribution in [0.2, 0.25) is 0 Å². The molecule has 0 aromatic rings. The van der Waals surface area contributed by atoms with Crippen LogP contribution in [0.4, 0.5) is 0 Å². The zero-order valence-corrected chi connectivity index (χ0v) is 10.4. The summed E-state index contributed by atoms with van der Waals surface area (Å²) < 4.78 is 9.72. The van der Waals surface area contributed by atoms with Crippen molar-refractivity contribution in [1.29, 1.82) is 0 Å². The van der Waals surface area contributed by atoms with E-state index in [0.29, 0.717) is 32.5 Å². The molecule has 5 nitrogen and oxygen atoms in total. The molecule has 1 unspecified atom stereocenters. The summed E-state index contributed by atoms with van der Waals surface area (Å²) in [5, 5.41) is 12.5. The number of aliphatic hydroxyl groups is 1. The molecule has 1 atom stereocenters. The van der Waals surface area contributed by atoms with Crippen molar-refractivity contribution in [3.05, 3.63) is 0 Å². The number of amides is 1. The van der Waals surface area contributed by atoms with E-state index < -0.39 is 5.60 Å². The molecular formula is C11H23NO4. The Morgan fingerprint density at radius 3 is 2.50 bits per heavy atom. The third kappa shape index (κ3) is 8.64. The number of rotatable bonds is 9. The van der Waals surface area contributed by atoms with Gasteiger partial charge in [-0.15, -0.1) is 0 Å². The largest absolute Gasteiger partial charge is 0.388 e. The van der Waals surface area contributed by atoms with Crippen LogP contribution in [0.25, 0.3) is 0 Å². The minimum atomic E-state index is -0.910. The number of carbonyl (C=O) groups excluding carboxylic acids is 1. The number of ether oxygens (including phenoxy) is 2. The molecule has 0 saturated heterocycles. The van der Waals surface area contributed by atoms with E-state index in [1.165, 1.54) is 0 Å². The van der Waals surface area contributed by atoms with Gasteiger partial charge in [0.1, 0.15) is 0 Å². The van der Waals surface area contributed by atoms with Crippen LogP contribution in [-0.2, 0) is 14.3 Å². The molecule has 0 fully saturated rings. The minimum absolute atomic E-state index is 0.0604. The lowest BCUT2D eigenvalue weighted by atomic mass is 10.0. The fourth-order valence-corrected chi connectivity index (χ4v) is 1.16. The van der Waals surface area contributed by atoms with E-state index in [0.717, 1.165) is 0 Å². The van der Waals surface area contributed by atoms with E-state index >= 15 is 0 Å². The van der Waals surface area contributed by atoms with Gasteiger partial charge in [0.25, 0.3) is 0 Å². The van der Waals surface area contributed by atoms with Gasteiger partial charge in [0.15, 0.2) is 0 Å². The summed E-state index contributed by atoms with van der Waals surface area (Å²) in [7, 11) is 3.19. The number of carbonyl (C=O) groups is 1. The Hall–Kier alpha value is -0.650. The second-order valence-corrected chi connectivity index (χ2v) is 4.11. The van der Waals surface area contributed by atoms with Gasteiger partial charge in [-0.3, -0.25) is 4.79 Å². The Morgan fingerprint density at radius 1 is 1.31 bits per heavy atom. The van der Waals surface area contributed by atoms with Crippen molar-refractivity contribution < 1.29 is 19.4 Å². The smallest absolute Gasteiger partial charge is 0.220 e. The molecule has 0 spiro atoms. The van der Waals surface area contributed by atoms with Gasteiger partial charge in [0.2, 0.25) is 5.91 Å². The lowest BCUT2D eigenvalue weighted by Gasteiger charge is -2.23. The van der Waals surface area contributed by atoms with Gasteiger partial charge in [-0.1, -0.05) is 0 Å². The molecular weight excluding hydrogens is 210 g/mol. The van der Waals surface area contributed by atoms with Gasteiger partial charge in [-0.25, -0.2) is 0 Å². The number of methoxy groups -OCH3 is 2. The highest BCUT2D eigenvalue weighted by atomic mass is 16.5. The van der Waals surface area contributed by atoms with Crippen LogP contribution in [-0.4, -0.2) is 50.6 Å². The van der Waals surface area contributed by atoms with E-state index in [2.05, 4.69) is 5.32 Å². The summed E-state index contributed by atoms with van der Waals surface area (Å²) in [4.78, 5) is 11.3. The highest BCUT2D eigenvalue weighted by Gasteiger charge is 2.20. The Balaban J connectivity index is 3.64. The normalized spacial score (nSPS) is 14.5. The van der Waals surface area contributed by atoms with Gasteiger partial charge in [-0.05, 0) is 13.3 Å². The van der Waals surface area contributed by atoms with E-state index in [4.69, 9.17) is 9.47 Å².